The molecule has 1 N–H and O–H groups in total. The van der Waals surface area contributed by atoms with Crippen molar-refractivity contribution < 1.29 is 14.6 Å². The van der Waals surface area contributed by atoms with Gasteiger partial charge in [0, 0.05) is 5.57 Å². The van der Waals surface area contributed by atoms with Gasteiger partial charge >= 0.3 is 5.97 Å². The minimum absolute atomic E-state index is 0.254. The summed E-state index contributed by atoms with van der Waals surface area (Å²) in [4.78, 5) is 10.9. The molecule has 0 aromatic rings. The van der Waals surface area contributed by atoms with E-state index in [4.69, 9.17) is 9.84 Å². The smallest absolute Gasteiger partial charge is 0.342 e. The van der Waals surface area contributed by atoms with Crippen molar-refractivity contribution in [3.63, 3.8) is 0 Å². The van der Waals surface area contributed by atoms with Gasteiger partial charge in [0.2, 0.25) is 0 Å². The molecule has 2 aliphatic rings. The molecule has 3 nitrogen and oxygen atoms in total. The van der Waals surface area contributed by atoms with Crippen molar-refractivity contribution in [2.24, 2.45) is 0 Å². The van der Waals surface area contributed by atoms with Crippen LogP contribution < -0.4 is 0 Å². The molecule has 0 saturated heterocycles. The van der Waals surface area contributed by atoms with Crippen molar-refractivity contribution in [3.05, 3.63) is 35.1 Å². The first-order valence-corrected chi connectivity index (χ1v) is 3.28. The molecule has 3 heteroatoms. The first kappa shape index (κ1) is 6.37. The highest BCUT2D eigenvalue weighted by atomic mass is 16.5. The molecule has 0 unspecified atom stereocenters. The molecule has 0 fully saturated rings. The van der Waals surface area contributed by atoms with Crippen molar-refractivity contribution in [1.82, 2.24) is 0 Å². The highest BCUT2D eigenvalue weighted by Crippen LogP contribution is 2.30. The molecule has 1 heterocycles. The van der Waals surface area contributed by atoms with Crippen LogP contribution in [0.3, 0.4) is 0 Å². The van der Waals surface area contributed by atoms with Crippen LogP contribution in [0, 0.1) is 0 Å². The molecule has 11 heavy (non-hydrogen) atoms. The van der Waals surface area contributed by atoms with Crippen LogP contribution in [0.25, 0.3) is 0 Å². The van der Waals surface area contributed by atoms with Crippen LogP contribution in [-0.2, 0) is 9.53 Å². The second kappa shape index (κ2) is 2.07. The number of aliphatic hydroxyl groups excluding tert-OH is 1. The Balaban J connectivity index is 2.51. The molecule has 0 aromatic carbocycles. The topological polar surface area (TPSA) is 46.5 Å². The van der Waals surface area contributed by atoms with Gasteiger partial charge < -0.3 is 9.84 Å². The Labute approximate surface area is 63.3 Å². The lowest BCUT2D eigenvalue weighted by molar-refractivity contribution is -0.133. The molecule has 56 valence electrons. The summed E-state index contributed by atoms with van der Waals surface area (Å²) in [6.07, 6.45) is 5.24. The predicted molar refractivity (Wildman–Crippen MR) is 37.4 cm³/mol. The van der Waals surface area contributed by atoms with Crippen molar-refractivity contribution in [3.8, 4) is 0 Å². The highest BCUT2D eigenvalue weighted by molar-refractivity contribution is 5.96. The highest BCUT2D eigenvalue weighted by Gasteiger charge is 2.28. The van der Waals surface area contributed by atoms with Crippen LogP contribution in [0.4, 0.5) is 0 Å². The molecule has 1 aliphatic heterocycles. The maximum absolute atomic E-state index is 10.9. The Kier molecular flexibility index (Phi) is 1.20. The van der Waals surface area contributed by atoms with E-state index < -0.39 is 5.97 Å². The minimum Gasteiger partial charge on any atom is -0.422 e. The molecule has 0 bridgehead atoms. The Morgan fingerprint density at radius 3 is 3.09 bits per heavy atom. The zero-order valence-electron chi connectivity index (χ0n) is 5.70. The fraction of sp³-hybridized carbons (Fsp3) is 0.125. The number of aliphatic hydroxyl groups is 1. The molecule has 0 radical (unpaired) electrons. The van der Waals surface area contributed by atoms with Gasteiger partial charge in [-0.1, -0.05) is 12.2 Å². The standard InChI is InChI=1S/C8H6O3/c9-4-6-5-2-1-3-7(5)11-8(6)10/h1-3,9H,4H2. The lowest BCUT2D eigenvalue weighted by atomic mass is 10.1. The fourth-order valence-electron chi connectivity index (χ4n) is 1.16. The summed E-state index contributed by atoms with van der Waals surface area (Å²) >= 11 is 0. The molecule has 0 saturated carbocycles. The monoisotopic (exact) mass is 150 g/mol. The van der Waals surface area contributed by atoms with Crippen LogP contribution in [-0.4, -0.2) is 17.7 Å². The Morgan fingerprint density at radius 2 is 2.36 bits per heavy atom. The summed E-state index contributed by atoms with van der Waals surface area (Å²) in [5.74, 6) is 0.122. The van der Waals surface area contributed by atoms with Crippen molar-refractivity contribution in [2.75, 3.05) is 6.61 Å². The predicted octanol–water partition coefficient (Wildman–Crippen LogP) is 0.286. The molecule has 1 aliphatic carbocycles. The largest absolute Gasteiger partial charge is 0.422 e. The number of ether oxygens (including phenoxy) is 1. The first-order chi connectivity index (χ1) is 5.33. The van der Waals surface area contributed by atoms with Gasteiger partial charge in [-0.05, 0) is 6.08 Å². The summed E-state index contributed by atoms with van der Waals surface area (Å²) in [7, 11) is 0. The molecule has 0 atom stereocenters. The molecular weight excluding hydrogens is 144 g/mol. The quantitative estimate of drug-likeness (QED) is 0.546. The first-order valence-electron chi connectivity index (χ1n) is 3.28. The maximum Gasteiger partial charge on any atom is 0.342 e. The van der Waals surface area contributed by atoms with E-state index in [1.165, 1.54) is 0 Å². The van der Waals surface area contributed by atoms with E-state index in [1.807, 2.05) is 0 Å². The minimum atomic E-state index is -0.432. The Morgan fingerprint density at radius 1 is 1.55 bits per heavy atom. The summed E-state index contributed by atoms with van der Waals surface area (Å²) in [5.41, 5.74) is 1.07. The Hall–Kier alpha value is -1.35. The number of esters is 1. The van der Waals surface area contributed by atoms with E-state index in [0.29, 0.717) is 11.3 Å². The lowest BCUT2D eigenvalue weighted by Crippen LogP contribution is -2.02. The van der Waals surface area contributed by atoms with Gasteiger partial charge in [-0.3, -0.25) is 0 Å². The van der Waals surface area contributed by atoms with Crippen LogP contribution in [0.5, 0.6) is 0 Å². The van der Waals surface area contributed by atoms with Crippen molar-refractivity contribution >= 4 is 5.97 Å². The van der Waals surface area contributed by atoms with Crippen molar-refractivity contribution in [2.45, 2.75) is 0 Å². The second-order valence-corrected chi connectivity index (χ2v) is 2.33. The van der Waals surface area contributed by atoms with Crippen LogP contribution in [0.15, 0.2) is 35.1 Å². The molecule has 0 aromatic heterocycles. The number of carbonyl (C=O) groups is 1. The summed E-state index contributed by atoms with van der Waals surface area (Å²) < 4.78 is 4.81. The molecular formula is C8H6O3. The second-order valence-electron chi connectivity index (χ2n) is 2.33. The third kappa shape index (κ3) is 0.746. The summed E-state index contributed by atoms with van der Waals surface area (Å²) in [5, 5.41) is 8.76. The molecule has 0 amide bonds. The van der Waals surface area contributed by atoms with Gasteiger partial charge in [0.1, 0.15) is 5.76 Å². The van der Waals surface area contributed by atoms with Gasteiger partial charge in [0.25, 0.3) is 0 Å². The number of carbonyl (C=O) groups excluding carboxylic acids is 1. The van der Waals surface area contributed by atoms with Crippen LogP contribution >= 0.6 is 0 Å². The third-order valence-electron chi connectivity index (χ3n) is 1.71. The number of rotatable bonds is 1. The lowest BCUT2D eigenvalue weighted by Gasteiger charge is -1.91. The van der Waals surface area contributed by atoms with E-state index in [2.05, 4.69) is 0 Å². The van der Waals surface area contributed by atoms with E-state index >= 15 is 0 Å². The van der Waals surface area contributed by atoms with Gasteiger partial charge in [-0.2, -0.15) is 0 Å². The normalized spacial score (nSPS) is 20.5. The third-order valence-corrected chi connectivity index (χ3v) is 1.71. The zero-order chi connectivity index (χ0) is 7.84. The van der Waals surface area contributed by atoms with Gasteiger partial charge in [0.15, 0.2) is 0 Å². The number of hydrogen-bond acceptors (Lipinski definition) is 3. The summed E-state index contributed by atoms with van der Waals surface area (Å²) in [6, 6.07) is 0. The zero-order valence-corrected chi connectivity index (χ0v) is 5.70. The average molecular weight is 150 g/mol. The summed E-state index contributed by atoms with van der Waals surface area (Å²) in [6.45, 7) is -0.254. The van der Waals surface area contributed by atoms with Crippen LogP contribution in [0.1, 0.15) is 0 Å². The van der Waals surface area contributed by atoms with Gasteiger partial charge in [0.05, 0.1) is 12.2 Å². The number of allylic oxidation sites excluding steroid dienone is 3. The van der Waals surface area contributed by atoms with E-state index in [9.17, 15) is 4.79 Å². The van der Waals surface area contributed by atoms with E-state index in [1.54, 1.807) is 18.2 Å². The van der Waals surface area contributed by atoms with E-state index in [-0.39, 0.29) is 6.61 Å². The van der Waals surface area contributed by atoms with Crippen LogP contribution in [0.2, 0.25) is 0 Å². The maximum atomic E-state index is 10.9. The number of fused-ring (bicyclic) bond motifs is 1. The van der Waals surface area contributed by atoms with Gasteiger partial charge in [-0.25, -0.2) is 4.79 Å². The molecule has 0 spiro atoms. The van der Waals surface area contributed by atoms with Crippen molar-refractivity contribution in [1.29, 1.82) is 0 Å². The Bertz CT molecular complexity index is 307. The van der Waals surface area contributed by atoms with E-state index in [0.717, 1.165) is 5.57 Å². The fourth-order valence-corrected chi connectivity index (χ4v) is 1.16. The SMILES string of the molecule is O=C1OC2=CC=CC2=C1CO. The number of hydrogen-bond donors (Lipinski definition) is 1. The van der Waals surface area contributed by atoms with Gasteiger partial charge in [-0.15, -0.1) is 0 Å². The molecule has 2 rings (SSSR count). The average Bonchev–Trinajstić information content (AvgIpc) is 2.46.